The molecule has 1 amide bonds. The van der Waals surface area contributed by atoms with E-state index >= 15 is 0 Å². The zero-order chi connectivity index (χ0) is 13.9. The molecule has 0 radical (unpaired) electrons. The molecular formula is C16H23N3O. The van der Waals surface area contributed by atoms with Crippen LogP contribution in [0, 0.1) is 11.8 Å². The van der Waals surface area contributed by atoms with Gasteiger partial charge < -0.3 is 11.1 Å². The predicted octanol–water partition coefficient (Wildman–Crippen LogP) is 2.33. The number of hydrogen-bond donors (Lipinski definition) is 2. The molecule has 0 aliphatic heterocycles. The van der Waals surface area contributed by atoms with E-state index in [4.69, 9.17) is 5.73 Å². The van der Waals surface area contributed by atoms with Gasteiger partial charge in [-0.05, 0) is 55.7 Å². The molecule has 4 heteroatoms. The maximum Gasteiger partial charge on any atom is 0.238 e. The Morgan fingerprint density at radius 3 is 2.40 bits per heavy atom. The topological polar surface area (TPSA) is 58.4 Å². The zero-order valence-electron chi connectivity index (χ0n) is 11.8. The Morgan fingerprint density at radius 1 is 1.20 bits per heavy atom. The molecule has 0 heterocycles. The van der Waals surface area contributed by atoms with Gasteiger partial charge in [0.05, 0.1) is 6.54 Å². The number of hydrogen-bond acceptors (Lipinski definition) is 3. The van der Waals surface area contributed by atoms with Crippen molar-refractivity contribution in [3.05, 3.63) is 24.3 Å². The molecule has 0 unspecified atom stereocenters. The van der Waals surface area contributed by atoms with Crippen molar-refractivity contribution in [2.24, 2.45) is 11.8 Å². The maximum absolute atomic E-state index is 12.1. The standard InChI is InChI=1S/C16H23N3O/c17-14-2-1-3-15(8-14)18-16(20)11-19(9-12-4-5-12)10-13-6-7-13/h1-3,8,12-13H,4-7,9-11,17H2,(H,18,20). The number of nitrogens with zero attached hydrogens (tertiary/aromatic N) is 1. The van der Waals surface area contributed by atoms with Gasteiger partial charge in [-0.15, -0.1) is 0 Å². The molecule has 108 valence electrons. The first-order valence-corrected chi connectivity index (χ1v) is 7.57. The molecule has 2 aliphatic carbocycles. The van der Waals surface area contributed by atoms with Gasteiger partial charge in [-0.25, -0.2) is 0 Å². The van der Waals surface area contributed by atoms with Crippen molar-refractivity contribution in [3.63, 3.8) is 0 Å². The van der Waals surface area contributed by atoms with E-state index in [1.54, 1.807) is 6.07 Å². The molecule has 3 N–H and O–H groups in total. The summed E-state index contributed by atoms with van der Waals surface area (Å²) < 4.78 is 0. The molecule has 0 spiro atoms. The van der Waals surface area contributed by atoms with Crippen molar-refractivity contribution in [2.45, 2.75) is 25.7 Å². The first-order valence-electron chi connectivity index (χ1n) is 7.57. The lowest BCUT2D eigenvalue weighted by Crippen LogP contribution is -2.36. The lowest BCUT2D eigenvalue weighted by Gasteiger charge is -2.21. The van der Waals surface area contributed by atoms with Crippen LogP contribution in [0.3, 0.4) is 0 Å². The van der Waals surface area contributed by atoms with Gasteiger partial charge in [-0.3, -0.25) is 9.69 Å². The van der Waals surface area contributed by atoms with Crippen LogP contribution in [0.2, 0.25) is 0 Å². The van der Waals surface area contributed by atoms with E-state index in [1.807, 2.05) is 18.2 Å². The second kappa shape index (κ2) is 5.83. The van der Waals surface area contributed by atoms with E-state index in [1.165, 1.54) is 25.7 Å². The van der Waals surface area contributed by atoms with Crippen molar-refractivity contribution in [1.82, 2.24) is 4.90 Å². The fourth-order valence-electron chi connectivity index (χ4n) is 2.55. The van der Waals surface area contributed by atoms with Gasteiger partial charge in [0.2, 0.25) is 5.91 Å². The Bertz CT molecular complexity index is 466. The first-order chi connectivity index (χ1) is 9.69. The lowest BCUT2D eigenvalue weighted by molar-refractivity contribution is -0.117. The summed E-state index contributed by atoms with van der Waals surface area (Å²) in [6.45, 7) is 2.67. The maximum atomic E-state index is 12.1. The number of benzene rings is 1. The van der Waals surface area contributed by atoms with Crippen LogP contribution < -0.4 is 11.1 Å². The van der Waals surface area contributed by atoms with Crippen LogP contribution in [0.1, 0.15) is 25.7 Å². The smallest absolute Gasteiger partial charge is 0.238 e. The number of carbonyl (C=O) groups excluding carboxylic acids is 1. The molecule has 0 atom stereocenters. The van der Waals surface area contributed by atoms with E-state index < -0.39 is 0 Å². The SMILES string of the molecule is Nc1cccc(NC(=O)CN(CC2CC2)CC2CC2)c1. The first kappa shape index (κ1) is 13.4. The monoisotopic (exact) mass is 273 g/mol. The summed E-state index contributed by atoms with van der Waals surface area (Å²) in [7, 11) is 0. The molecule has 2 saturated carbocycles. The number of amides is 1. The highest BCUT2D eigenvalue weighted by Gasteiger charge is 2.29. The molecule has 0 saturated heterocycles. The van der Waals surface area contributed by atoms with Gasteiger partial charge >= 0.3 is 0 Å². The van der Waals surface area contributed by atoms with Crippen molar-refractivity contribution in [2.75, 3.05) is 30.7 Å². The van der Waals surface area contributed by atoms with Crippen molar-refractivity contribution < 1.29 is 4.79 Å². The van der Waals surface area contributed by atoms with Gasteiger partial charge in [0.1, 0.15) is 0 Å². The third-order valence-corrected chi connectivity index (χ3v) is 3.96. The molecule has 20 heavy (non-hydrogen) atoms. The highest BCUT2D eigenvalue weighted by atomic mass is 16.2. The average molecular weight is 273 g/mol. The predicted molar refractivity (Wildman–Crippen MR) is 81.4 cm³/mol. The van der Waals surface area contributed by atoms with Gasteiger partial charge in [0, 0.05) is 24.5 Å². The molecule has 0 bridgehead atoms. The van der Waals surface area contributed by atoms with Crippen LogP contribution in [-0.4, -0.2) is 30.4 Å². The van der Waals surface area contributed by atoms with Crippen molar-refractivity contribution >= 4 is 17.3 Å². The van der Waals surface area contributed by atoms with Crippen molar-refractivity contribution in [3.8, 4) is 0 Å². The molecular weight excluding hydrogens is 250 g/mol. The summed E-state index contributed by atoms with van der Waals surface area (Å²) in [5, 5.41) is 2.94. The second-order valence-electron chi connectivity index (χ2n) is 6.25. The molecule has 2 aliphatic rings. The van der Waals surface area contributed by atoms with Crippen LogP contribution in [0.4, 0.5) is 11.4 Å². The molecule has 0 aromatic heterocycles. The van der Waals surface area contributed by atoms with Crippen LogP contribution in [0.15, 0.2) is 24.3 Å². The van der Waals surface area contributed by atoms with E-state index in [2.05, 4.69) is 10.2 Å². The summed E-state index contributed by atoms with van der Waals surface area (Å²) in [4.78, 5) is 14.5. The van der Waals surface area contributed by atoms with Gasteiger partial charge in [-0.2, -0.15) is 0 Å². The number of carbonyl (C=O) groups is 1. The minimum Gasteiger partial charge on any atom is -0.399 e. The zero-order valence-corrected chi connectivity index (χ0v) is 11.8. The van der Waals surface area contributed by atoms with Gasteiger partial charge in [-0.1, -0.05) is 6.07 Å². The number of nitrogen functional groups attached to an aromatic ring is 1. The Kier molecular flexibility index (Phi) is 3.92. The number of rotatable bonds is 7. The molecule has 4 nitrogen and oxygen atoms in total. The minimum absolute atomic E-state index is 0.0666. The fourth-order valence-corrected chi connectivity index (χ4v) is 2.55. The van der Waals surface area contributed by atoms with Gasteiger partial charge in [0.15, 0.2) is 0 Å². The van der Waals surface area contributed by atoms with E-state index in [0.29, 0.717) is 12.2 Å². The highest BCUT2D eigenvalue weighted by molar-refractivity contribution is 5.92. The van der Waals surface area contributed by atoms with Crippen LogP contribution in [0.5, 0.6) is 0 Å². The normalized spacial score (nSPS) is 18.2. The summed E-state index contributed by atoms with van der Waals surface area (Å²) in [6.07, 6.45) is 5.33. The molecule has 1 aromatic rings. The fraction of sp³-hybridized carbons (Fsp3) is 0.562. The van der Waals surface area contributed by atoms with Crippen molar-refractivity contribution in [1.29, 1.82) is 0 Å². The number of nitrogens with one attached hydrogen (secondary N) is 1. The molecule has 2 fully saturated rings. The summed E-state index contributed by atoms with van der Waals surface area (Å²) in [6, 6.07) is 7.35. The van der Waals surface area contributed by atoms with E-state index in [-0.39, 0.29) is 5.91 Å². The van der Waals surface area contributed by atoms with Gasteiger partial charge in [0.25, 0.3) is 0 Å². The minimum atomic E-state index is 0.0666. The quantitative estimate of drug-likeness (QED) is 0.750. The van der Waals surface area contributed by atoms with E-state index in [0.717, 1.165) is 30.6 Å². The lowest BCUT2D eigenvalue weighted by atomic mass is 10.2. The Labute approximate surface area is 120 Å². The summed E-state index contributed by atoms with van der Waals surface area (Å²) >= 11 is 0. The average Bonchev–Trinajstić information content (AvgIpc) is 3.25. The Hall–Kier alpha value is -1.55. The molecule has 1 aromatic carbocycles. The summed E-state index contributed by atoms with van der Waals surface area (Å²) in [5.41, 5.74) is 7.18. The summed E-state index contributed by atoms with van der Waals surface area (Å²) in [5.74, 6) is 1.72. The van der Waals surface area contributed by atoms with Crippen LogP contribution >= 0.6 is 0 Å². The third kappa shape index (κ3) is 4.23. The Morgan fingerprint density at radius 2 is 1.85 bits per heavy atom. The largest absolute Gasteiger partial charge is 0.399 e. The molecule has 3 rings (SSSR count). The highest BCUT2D eigenvalue weighted by Crippen LogP contribution is 2.33. The van der Waals surface area contributed by atoms with E-state index in [9.17, 15) is 4.79 Å². The number of anilines is 2. The van der Waals surface area contributed by atoms with Crippen LogP contribution in [0.25, 0.3) is 0 Å². The van der Waals surface area contributed by atoms with Crippen LogP contribution in [-0.2, 0) is 4.79 Å². The number of nitrogens with two attached hydrogens (primary N) is 1. The second-order valence-corrected chi connectivity index (χ2v) is 6.25. The Balaban J connectivity index is 1.51. The third-order valence-electron chi connectivity index (χ3n) is 3.96.